The molecule has 0 aliphatic carbocycles. The van der Waals surface area contributed by atoms with E-state index in [-0.39, 0.29) is 35.1 Å². The summed E-state index contributed by atoms with van der Waals surface area (Å²) in [5.74, 6) is -1.68. The van der Waals surface area contributed by atoms with Gasteiger partial charge in [-0.05, 0) is 72.4 Å². The molecule has 22 heavy (non-hydrogen) atoms. The predicted octanol–water partition coefficient (Wildman–Crippen LogP) is -0.829. The fraction of sp³-hybridized carbons (Fsp3) is 0.222. The van der Waals surface area contributed by atoms with E-state index in [0.29, 0.717) is 0 Å². The second kappa shape index (κ2) is 7.48. The molecule has 118 valence electrons. The molecule has 0 aromatic heterocycles. The van der Waals surface area contributed by atoms with Crippen LogP contribution in [0.3, 0.4) is 0 Å². The summed E-state index contributed by atoms with van der Waals surface area (Å²) in [4.78, 5) is 9.00. The van der Waals surface area contributed by atoms with Gasteiger partial charge in [0, 0.05) is 0 Å². The molecule has 1 aromatic carbocycles. The van der Waals surface area contributed by atoms with Crippen molar-refractivity contribution in [1.29, 1.82) is 0 Å². The summed E-state index contributed by atoms with van der Waals surface area (Å²) < 4.78 is 56.6. The van der Waals surface area contributed by atoms with Crippen LogP contribution in [-0.4, -0.2) is 33.9 Å². The minimum absolute atomic E-state index is 0. The molecule has 0 heterocycles. The van der Waals surface area contributed by atoms with Crippen LogP contribution in [0, 0.1) is 6.92 Å². The topological polar surface area (TPSA) is 129 Å². The van der Waals surface area contributed by atoms with E-state index in [1.807, 2.05) is 0 Å². The molecule has 0 saturated carbocycles. The van der Waals surface area contributed by atoms with Crippen molar-refractivity contribution in [2.75, 3.05) is 0 Å². The quantitative estimate of drug-likeness (QED) is 0.294. The maximum atomic E-state index is 12.4. The van der Waals surface area contributed by atoms with Crippen molar-refractivity contribution >= 4 is 73.7 Å². The van der Waals surface area contributed by atoms with Crippen molar-refractivity contribution in [1.82, 2.24) is 0 Å². The van der Waals surface area contributed by atoms with Gasteiger partial charge < -0.3 is 9.66 Å². The Bertz CT molecular complexity index is 812. The molecule has 1 N–H and O–H groups in total. The zero-order valence-corrected chi connectivity index (χ0v) is 19.4. The van der Waals surface area contributed by atoms with E-state index in [2.05, 4.69) is 47.8 Å². The standard InChI is InChI=1S/C9H7Br3O7S2.Na/c1-4-2-5(8(13)14)7(6(3-4)21(17,18)19)20(15,16)9(10,11)12;/h2-3H,1H3,(H,13,14)(H,17,18,19);/q;+1/p-1. The van der Waals surface area contributed by atoms with Crippen molar-refractivity contribution < 1.29 is 60.8 Å². The first kappa shape index (κ1) is 23.0. The monoisotopic (exact) mass is 550 g/mol. The van der Waals surface area contributed by atoms with Crippen molar-refractivity contribution in [2.24, 2.45) is 0 Å². The summed E-state index contributed by atoms with van der Waals surface area (Å²) in [5, 5.41) is 9.10. The van der Waals surface area contributed by atoms with Gasteiger partial charge >= 0.3 is 35.5 Å². The number of aryl methyl sites for hydroxylation is 1. The Kier molecular flexibility index (Phi) is 7.82. The first-order chi connectivity index (χ1) is 9.19. The molecule has 0 atom stereocenters. The van der Waals surface area contributed by atoms with Gasteiger partial charge in [-0.2, -0.15) is 0 Å². The van der Waals surface area contributed by atoms with E-state index >= 15 is 0 Å². The first-order valence-corrected chi connectivity index (χ1v) is 10.1. The number of halogens is 3. The van der Waals surface area contributed by atoms with Crippen LogP contribution >= 0.6 is 47.8 Å². The number of aromatic carboxylic acids is 1. The van der Waals surface area contributed by atoms with Crippen molar-refractivity contribution in [3.8, 4) is 0 Å². The second-order valence-corrected chi connectivity index (χ2v) is 15.6. The Morgan fingerprint density at radius 3 is 1.95 bits per heavy atom. The normalized spacial score (nSPS) is 12.6. The van der Waals surface area contributed by atoms with Crippen LogP contribution in [0.5, 0.6) is 0 Å². The van der Waals surface area contributed by atoms with Crippen LogP contribution in [0.2, 0.25) is 0 Å². The smallest absolute Gasteiger partial charge is 0.744 e. The molecule has 1 aromatic rings. The molecule has 0 fully saturated rings. The molecule has 1 rings (SSSR count). The fourth-order valence-electron chi connectivity index (χ4n) is 1.48. The van der Waals surface area contributed by atoms with E-state index < -0.39 is 42.8 Å². The van der Waals surface area contributed by atoms with Crippen LogP contribution < -0.4 is 29.6 Å². The van der Waals surface area contributed by atoms with Gasteiger partial charge in [0.1, 0.15) is 15.0 Å². The molecule has 13 heteroatoms. The average molecular weight is 553 g/mol. The number of sulfone groups is 1. The van der Waals surface area contributed by atoms with Gasteiger partial charge in [-0.25, -0.2) is 21.6 Å². The number of hydrogen-bond donors (Lipinski definition) is 1. The third-order valence-electron chi connectivity index (χ3n) is 2.27. The van der Waals surface area contributed by atoms with Crippen LogP contribution in [0.4, 0.5) is 0 Å². The molecular weight excluding hydrogens is 547 g/mol. The minimum Gasteiger partial charge on any atom is -0.744 e. The van der Waals surface area contributed by atoms with E-state index in [4.69, 9.17) is 5.11 Å². The summed E-state index contributed by atoms with van der Waals surface area (Å²) in [5.41, 5.74) is -0.697. The Morgan fingerprint density at radius 1 is 1.18 bits per heavy atom. The van der Waals surface area contributed by atoms with Gasteiger partial charge in [0.2, 0.25) is 11.3 Å². The molecule has 7 nitrogen and oxygen atoms in total. The van der Waals surface area contributed by atoms with Gasteiger partial charge in [0.25, 0.3) is 0 Å². The van der Waals surface area contributed by atoms with E-state index in [9.17, 15) is 26.2 Å². The maximum absolute atomic E-state index is 12.4. The molecule has 0 radical (unpaired) electrons. The molecule has 0 bridgehead atoms. The van der Waals surface area contributed by atoms with Crippen LogP contribution in [0.25, 0.3) is 0 Å². The molecule has 0 aliphatic rings. The Morgan fingerprint density at radius 2 is 1.64 bits per heavy atom. The number of alkyl halides is 3. The molecule has 0 spiro atoms. The van der Waals surface area contributed by atoms with Crippen LogP contribution in [0.15, 0.2) is 21.9 Å². The SMILES string of the molecule is Cc1cc(C(=O)O)c(S(=O)(=O)C(Br)(Br)Br)c(S(=O)(=O)[O-])c1.[Na+]. The first-order valence-electron chi connectivity index (χ1n) is 4.85. The summed E-state index contributed by atoms with van der Waals surface area (Å²) >= 11 is 8.09. The number of rotatable bonds is 3. The van der Waals surface area contributed by atoms with Gasteiger partial charge in [-0.3, -0.25) is 0 Å². The van der Waals surface area contributed by atoms with E-state index in [1.165, 1.54) is 6.92 Å². The number of carboxylic acids is 1. The van der Waals surface area contributed by atoms with Crippen LogP contribution in [0.1, 0.15) is 15.9 Å². The zero-order chi connectivity index (χ0) is 16.8. The number of benzene rings is 1. The van der Waals surface area contributed by atoms with Gasteiger partial charge in [-0.1, -0.05) is 0 Å². The second-order valence-electron chi connectivity index (χ2n) is 3.85. The summed E-state index contributed by atoms with van der Waals surface area (Å²) in [6.07, 6.45) is 0. The van der Waals surface area contributed by atoms with E-state index in [1.54, 1.807) is 0 Å². The largest absolute Gasteiger partial charge is 1.00 e. The third-order valence-corrected chi connectivity index (χ3v) is 8.68. The molecule has 0 saturated heterocycles. The van der Waals surface area contributed by atoms with Crippen molar-refractivity contribution in [3.63, 3.8) is 0 Å². The minimum atomic E-state index is -5.21. The van der Waals surface area contributed by atoms with E-state index in [0.717, 1.165) is 12.1 Å². The number of carboxylic acid groups (broad SMARTS) is 1. The predicted molar refractivity (Wildman–Crippen MR) is 82.8 cm³/mol. The third kappa shape index (κ3) is 4.76. The van der Waals surface area contributed by atoms with Gasteiger partial charge in [0.15, 0.2) is 0 Å². The van der Waals surface area contributed by atoms with Gasteiger partial charge in [0.05, 0.1) is 10.5 Å². The zero-order valence-electron chi connectivity index (χ0n) is 11.0. The fourth-order valence-corrected chi connectivity index (χ4v) is 5.23. The Labute approximate surface area is 174 Å². The molecule has 0 unspecified atom stereocenters. The number of carbonyl (C=O) groups is 1. The molecule has 0 aliphatic heterocycles. The summed E-state index contributed by atoms with van der Waals surface area (Å²) in [6, 6.07) is 1.77. The van der Waals surface area contributed by atoms with Crippen LogP contribution in [-0.2, 0) is 20.0 Å². The number of hydrogen-bond acceptors (Lipinski definition) is 6. The molecule has 0 amide bonds. The Balaban J connectivity index is 0.00000441. The Hall–Kier alpha value is 0.990. The summed E-state index contributed by atoms with van der Waals surface area (Å²) in [6.45, 7) is 1.33. The molecular formula is C9H6Br3NaO7S2. The van der Waals surface area contributed by atoms with Crippen molar-refractivity contribution in [3.05, 3.63) is 23.3 Å². The average Bonchev–Trinajstić information content (AvgIpc) is 2.24. The maximum Gasteiger partial charge on any atom is 1.00 e. The van der Waals surface area contributed by atoms with Crippen molar-refractivity contribution in [2.45, 2.75) is 18.2 Å². The van der Waals surface area contributed by atoms with Gasteiger partial charge in [-0.15, -0.1) is 0 Å². The summed E-state index contributed by atoms with van der Waals surface area (Å²) in [7, 11) is -9.80.